The molecule has 3 nitrogen and oxygen atoms in total. The number of pyridine rings is 1. The third-order valence-electron chi connectivity index (χ3n) is 3.76. The number of nitrogens with two attached hydrogens (primary N) is 1. The second-order valence-electron chi connectivity index (χ2n) is 5.28. The van der Waals surface area contributed by atoms with E-state index in [-0.39, 0.29) is 0 Å². The van der Waals surface area contributed by atoms with Crippen LogP contribution in [0.15, 0.2) is 45.6 Å². The lowest BCUT2D eigenvalue weighted by atomic mass is 10.0. The fourth-order valence-electron chi connectivity index (χ4n) is 2.74. The molecule has 0 fully saturated rings. The molecule has 0 aliphatic heterocycles. The molecule has 0 aliphatic rings. The lowest BCUT2D eigenvalue weighted by Gasteiger charge is -2.05. The van der Waals surface area contributed by atoms with Crippen molar-refractivity contribution in [1.29, 1.82) is 0 Å². The van der Waals surface area contributed by atoms with Gasteiger partial charge in [-0.3, -0.25) is 4.98 Å². The third-order valence-corrected chi connectivity index (χ3v) is 4.86. The molecule has 114 valence electrons. The molecule has 5 heteroatoms. The van der Waals surface area contributed by atoms with Crippen LogP contribution in [-0.2, 0) is 6.42 Å². The van der Waals surface area contributed by atoms with Crippen molar-refractivity contribution in [3.05, 3.63) is 51.2 Å². The Labute approximate surface area is 146 Å². The van der Waals surface area contributed by atoms with Crippen molar-refractivity contribution < 1.29 is 0 Å². The van der Waals surface area contributed by atoms with Crippen LogP contribution in [0.2, 0.25) is 0 Å². The Bertz CT molecular complexity index is 796. The Morgan fingerprint density at radius 3 is 2.77 bits per heavy atom. The van der Waals surface area contributed by atoms with E-state index in [0.717, 1.165) is 51.5 Å². The van der Waals surface area contributed by atoms with Crippen LogP contribution in [-0.4, -0.2) is 16.5 Å². The molecule has 2 aromatic heterocycles. The fraction of sp³-hybridized carbons (Fsp3) is 0.235. The van der Waals surface area contributed by atoms with E-state index in [1.165, 1.54) is 10.9 Å². The first kappa shape index (κ1) is 15.7. The van der Waals surface area contributed by atoms with Gasteiger partial charge in [-0.05, 0) is 75.4 Å². The zero-order valence-corrected chi connectivity index (χ0v) is 15.2. The molecule has 0 amide bonds. The first-order valence-corrected chi connectivity index (χ1v) is 8.89. The summed E-state index contributed by atoms with van der Waals surface area (Å²) in [5.41, 5.74) is 10.4. The number of aromatic nitrogens is 2. The number of para-hydroxylation sites is 1. The standard InChI is InChI=1S/C17H17Br2N3/c18-12-8-11(9-21-10-12)16-13(4-1-2-7-20)14-5-3-6-15(19)17(14)22-16/h3,5-6,8-10,22H,1-2,4,7,20H2. The minimum Gasteiger partial charge on any atom is -0.353 e. The van der Waals surface area contributed by atoms with Gasteiger partial charge in [0, 0.05) is 32.3 Å². The van der Waals surface area contributed by atoms with Crippen molar-refractivity contribution in [3.8, 4) is 11.3 Å². The zero-order chi connectivity index (χ0) is 15.5. The number of halogens is 2. The molecule has 0 unspecified atom stereocenters. The summed E-state index contributed by atoms with van der Waals surface area (Å²) in [7, 11) is 0. The summed E-state index contributed by atoms with van der Waals surface area (Å²) < 4.78 is 2.06. The Kier molecular flexibility index (Phi) is 4.96. The summed E-state index contributed by atoms with van der Waals surface area (Å²) in [6.07, 6.45) is 6.84. The minimum atomic E-state index is 0.736. The molecule has 1 aromatic carbocycles. The van der Waals surface area contributed by atoms with Crippen molar-refractivity contribution in [2.75, 3.05) is 6.54 Å². The number of aryl methyl sites for hydroxylation is 1. The maximum absolute atomic E-state index is 5.64. The van der Waals surface area contributed by atoms with Gasteiger partial charge in [0.2, 0.25) is 0 Å². The van der Waals surface area contributed by atoms with Crippen LogP contribution in [0.25, 0.3) is 22.2 Å². The monoisotopic (exact) mass is 421 g/mol. The van der Waals surface area contributed by atoms with Crippen LogP contribution in [0, 0.1) is 0 Å². The summed E-state index contributed by atoms with van der Waals surface area (Å²) in [4.78, 5) is 7.86. The highest BCUT2D eigenvalue weighted by atomic mass is 79.9. The van der Waals surface area contributed by atoms with Gasteiger partial charge in [0.1, 0.15) is 0 Å². The molecule has 0 aliphatic carbocycles. The number of fused-ring (bicyclic) bond motifs is 1. The Morgan fingerprint density at radius 2 is 2.00 bits per heavy atom. The molecule has 2 heterocycles. The Balaban J connectivity index is 2.15. The predicted molar refractivity (Wildman–Crippen MR) is 98.9 cm³/mol. The van der Waals surface area contributed by atoms with E-state index in [2.05, 4.69) is 66.1 Å². The first-order chi connectivity index (χ1) is 10.7. The Morgan fingerprint density at radius 1 is 1.14 bits per heavy atom. The molecule has 3 rings (SSSR count). The van der Waals surface area contributed by atoms with Gasteiger partial charge >= 0.3 is 0 Å². The summed E-state index contributed by atoms with van der Waals surface area (Å²) in [6, 6.07) is 8.41. The van der Waals surface area contributed by atoms with Crippen molar-refractivity contribution in [1.82, 2.24) is 9.97 Å². The van der Waals surface area contributed by atoms with E-state index >= 15 is 0 Å². The van der Waals surface area contributed by atoms with Gasteiger partial charge in [0.25, 0.3) is 0 Å². The Hall–Kier alpha value is -1.17. The highest BCUT2D eigenvalue weighted by Crippen LogP contribution is 2.35. The van der Waals surface area contributed by atoms with E-state index in [4.69, 9.17) is 5.73 Å². The average molecular weight is 423 g/mol. The third kappa shape index (κ3) is 3.12. The van der Waals surface area contributed by atoms with Crippen LogP contribution >= 0.6 is 31.9 Å². The topological polar surface area (TPSA) is 54.7 Å². The molecule has 0 saturated heterocycles. The lowest BCUT2D eigenvalue weighted by Crippen LogP contribution is -1.99. The van der Waals surface area contributed by atoms with Crippen molar-refractivity contribution >= 4 is 42.8 Å². The summed E-state index contributed by atoms with van der Waals surface area (Å²) in [5, 5.41) is 1.27. The number of nitrogens with one attached hydrogen (secondary N) is 1. The van der Waals surface area contributed by atoms with Crippen molar-refractivity contribution in [2.45, 2.75) is 19.3 Å². The summed E-state index contributed by atoms with van der Waals surface area (Å²) in [5.74, 6) is 0. The minimum absolute atomic E-state index is 0.736. The molecule has 0 atom stereocenters. The predicted octanol–water partition coefficient (Wildman–Crippen LogP) is 5.04. The van der Waals surface area contributed by atoms with E-state index in [0.29, 0.717) is 0 Å². The number of aromatic amines is 1. The molecule has 0 saturated carbocycles. The number of rotatable bonds is 5. The second-order valence-corrected chi connectivity index (χ2v) is 7.05. The number of nitrogens with zero attached hydrogens (tertiary/aromatic N) is 1. The lowest BCUT2D eigenvalue weighted by molar-refractivity contribution is 0.748. The van der Waals surface area contributed by atoms with Gasteiger partial charge in [-0.25, -0.2) is 0 Å². The second kappa shape index (κ2) is 6.94. The van der Waals surface area contributed by atoms with Gasteiger partial charge in [0.15, 0.2) is 0 Å². The fourth-order valence-corrected chi connectivity index (χ4v) is 3.57. The van der Waals surface area contributed by atoms with E-state index in [1.807, 2.05) is 6.20 Å². The molecule has 22 heavy (non-hydrogen) atoms. The molecular formula is C17H17Br2N3. The number of unbranched alkanes of at least 4 members (excludes halogenated alkanes) is 1. The van der Waals surface area contributed by atoms with Crippen LogP contribution < -0.4 is 5.73 Å². The number of hydrogen-bond acceptors (Lipinski definition) is 2. The van der Waals surface area contributed by atoms with Crippen LogP contribution in [0.1, 0.15) is 18.4 Å². The highest BCUT2D eigenvalue weighted by molar-refractivity contribution is 9.11. The molecule has 3 aromatic rings. The number of benzene rings is 1. The van der Waals surface area contributed by atoms with Gasteiger partial charge in [-0.1, -0.05) is 12.1 Å². The zero-order valence-electron chi connectivity index (χ0n) is 12.1. The van der Waals surface area contributed by atoms with Crippen molar-refractivity contribution in [2.24, 2.45) is 5.73 Å². The van der Waals surface area contributed by atoms with E-state index < -0.39 is 0 Å². The number of hydrogen-bond donors (Lipinski definition) is 2. The van der Waals surface area contributed by atoms with Crippen molar-refractivity contribution in [3.63, 3.8) is 0 Å². The normalized spacial score (nSPS) is 11.2. The maximum Gasteiger partial charge on any atom is 0.0606 e. The molecule has 0 radical (unpaired) electrons. The smallest absolute Gasteiger partial charge is 0.0606 e. The molecule has 0 bridgehead atoms. The summed E-state index contributed by atoms with van der Waals surface area (Å²) in [6.45, 7) is 0.736. The SMILES string of the molecule is NCCCCc1c(-c2cncc(Br)c2)[nH]c2c(Br)cccc12. The molecular weight excluding hydrogens is 406 g/mol. The van der Waals surface area contributed by atoms with Gasteiger partial charge in [-0.2, -0.15) is 0 Å². The average Bonchev–Trinajstić information content (AvgIpc) is 2.88. The largest absolute Gasteiger partial charge is 0.353 e. The van der Waals surface area contributed by atoms with Gasteiger partial charge in [0.05, 0.1) is 11.2 Å². The number of H-pyrrole nitrogens is 1. The maximum atomic E-state index is 5.64. The first-order valence-electron chi connectivity index (χ1n) is 7.30. The highest BCUT2D eigenvalue weighted by Gasteiger charge is 2.14. The van der Waals surface area contributed by atoms with Crippen LogP contribution in [0.5, 0.6) is 0 Å². The van der Waals surface area contributed by atoms with Gasteiger partial charge < -0.3 is 10.7 Å². The van der Waals surface area contributed by atoms with E-state index in [9.17, 15) is 0 Å². The molecule has 0 spiro atoms. The molecule has 3 N–H and O–H groups in total. The van der Waals surface area contributed by atoms with Crippen LogP contribution in [0.3, 0.4) is 0 Å². The van der Waals surface area contributed by atoms with Crippen LogP contribution in [0.4, 0.5) is 0 Å². The van der Waals surface area contributed by atoms with E-state index in [1.54, 1.807) is 6.20 Å². The summed E-state index contributed by atoms with van der Waals surface area (Å²) >= 11 is 7.14. The van der Waals surface area contributed by atoms with Gasteiger partial charge in [-0.15, -0.1) is 0 Å². The quantitative estimate of drug-likeness (QED) is 0.566.